The Bertz CT molecular complexity index is 1400. The number of thioether (sulfide) groups is 1. The van der Waals surface area contributed by atoms with Gasteiger partial charge in [-0.25, -0.2) is 14.4 Å². The molecular weight excluding hydrogens is 638 g/mol. The molecule has 48 heavy (non-hydrogen) atoms. The summed E-state index contributed by atoms with van der Waals surface area (Å²) >= 11 is 1.14. The molecule has 0 aromatic heterocycles. The van der Waals surface area contributed by atoms with E-state index in [4.69, 9.17) is 0 Å². The lowest BCUT2D eigenvalue weighted by Gasteiger charge is -2.23. The number of aliphatic carboxylic acids is 2. The number of carbonyl (C=O) groups is 6. The largest absolute Gasteiger partial charge is 0.480 e. The molecule has 3 atom stereocenters. The Kier molecular flexibility index (Phi) is 15.9. The van der Waals surface area contributed by atoms with Gasteiger partial charge in [-0.15, -0.1) is 0 Å². The number of benzene rings is 2. The summed E-state index contributed by atoms with van der Waals surface area (Å²) in [6, 6.07) is 11.8. The number of nitrogens with one attached hydrogen (secondary N) is 5. The second-order valence-corrected chi connectivity index (χ2v) is 14.2. The molecule has 14 heteroatoms. The molecule has 262 valence electrons. The maximum atomic E-state index is 13.2. The van der Waals surface area contributed by atoms with Crippen LogP contribution in [0.5, 0.6) is 0 Å². The Morgan fingerprint density at radius 1 is 0.729 bits per heavy atom. The molecule has 0 spiro atoms. The van der Waals surface area contributed by atoms with Crippen molar-refractivity contribution in [3.8, 4) is 0 Å². The SMILES string of the molecule is CC(C)CC(NC(=O)Cc1ccc(NC(=O)Nc2ccccc2)cc1)C(=O)NC(CSCCC(NC(=O)CC(C)(C)C)C(=O)O)C(=O)O. The summed E-state index contributed by atoms with van der Waals surface area (Å²) in [4.78, 5) is 74.1. The van der Waals surface area contributed by atoms with Crippen LogP contribution in [0, 0.1) is 11.3 Å². The van der Waals surface area contributed by atoms with Crippen molar-refractivity contribution in [2.45, 2.75) is 78.4 Å². The van der Waals surface area contributed by atoms with E-state index in [1.807, 2.05) is 40.7 Å². The summed E-state index contributed by atoms with van der Waals surface area (Å²) < 4.78 is 0. The van der Waals surface area contributed by atoms with E-state index >= 15 is 0 Å². The topological polar surface area (TPSA) is 203 Å². The number of carboxylic acid groups (broad SMARTS) is 2. The van der Waals surface area contributed by atoms with Crippen molar-refractivity contribution in [2.24, 2.45) is 11.3 Å². The predicted octanol–water partition coefficient (Wildman–Crippen LogP) is 4.10. The van der Waals surface area contributed by atoms with Crippen LogP contribution in [0.2, 0.25) is 0 Å². The number of hydrogen-bond donors (Lipinski definition) is 7. The molecule has 7 N–H and O–H groups in total. The van der Waals surface area contributed by atoms with Crippen LogP contribution in [0.3, 0.4) is 0 Å². The van der Waals surface area contributed by atoms with Gasteiger partial charge in [-0.2, -0.15) is 11.8 Å². The normalized spacial score (nSPS) is 13.0. The van der Waals surface area contributed by atoms with Crippen LogP contribution < -0.4 is 26.6 Å². The van der Waals surface area contributed by atoms with E-state index in [9.17, 15) is 39.0 Å². The van der Waals surface area contributed by atoms with E-state index in [2.05, 4.69) is 26.6 Å². The molecule has 13 nitrogen and oxygen atoms in total. The molecule has 2 rings (SSSR count). The van der Waals surface area contributed by atoms with Gasteiger partial charge < -0.3 is 36.8 Å². The molecular formula is C34H47N5O8S. The van der Waals surface area contributed by atoms with Crippen molar-refractivity contribution < 1.29 is 39.0 Å². The zero-order chi connectivity index (χ0) is 35.9. The van der Waals surface area contributed by atoms with E-state index in [-0.39, 0.29) is 54.4 Å². The number of urea groups is 1. The molecule has 2 aromatic carbocycles. The summed E-state index contributed by atoms with van der Waals surface area (Å²) in [5.74, 6) is -3.74. The smallest absolute Gasteiger partial charge is 0.327 e. The number of para-hydroxylation sites is 1. The van der Waals surface area contributed by atoms with Crippen molar-refractivity contribution in [1.29, 1.82) is 0 Å². The van der Waals surface area contributed by atoms with Gasteiger partial charge in [0.25, 0.3) is 0 Å². The summed E-state index contributed by atoms with van der Waals surface area (Å²) in [6.07, 6.45) is 0.448. The summed E-state index contributed by atoms with van der Waals surface area (Å²) in [6.45, 7) is 9.34. The minimum atomic E-state index is -1.29. The average Bonchev–Trinajstić information content (AvgIpc) is 2.97. The van der Waals surface area contributed by atoms with Crippen molar-refractivity contribution >= 4 is 58.8 Å². The van der Waals surface area contributed by atoms with Gasteiger partial charge in [-0.3, -0.25) is 14.4 Å². The summed E-state index contributed by atoms with van der Waals surface area (Å²) in [5.41, 5.74) is 1.49. The number of anilines is 2. The first-order valence-electron chi connectivity index (χ1n) is 15.7. The van der Waals surface area contributed by atoms with E-state index in [1.54, 1.807) is 48.5 Å². The van der Waals surface area contributed by atoms with Crippen LogP contribution in [0.25, 0.3) is 0 Å². The number of amides is 5. The monoisotopic (exact) mass is 685 g/mol. The molecule has 0 heterocycles. The van der Waals surface area contributed by atoms with Crippen LogP contribution in [-0.2, 0) is 30.4 Å². The first-order valence-corrected chi connectivity index (χ1v) is 16.8. The van der Waals surface area contributed by atoms with Gasteiger partial charge in [-0.1, -0.05) is 65.0 Å². The zero-order valence-electron chi connectivity index (χ0n) is 28.0. The van der Waals surface area contributed by atoms with Crippen LogP contribution in [0.1, 0.15) is 59.4 Å². The van der Waals surface area contributed by atoms with E-state index in [0.29, 0.717) is 16.9 Å². The molecule has 0 fully saturated rings. The van der Waals surface area contributed by atoms with Crippen molar-refractivity contribution in [1.82, 2.24) is 16.0 Å². The molecule has 5 amide bonds. The Morgan fingerprint density at radius 3 is 1.83 bits per heavy atom. The molecule has 0 aliphatic carbocycles. The van der Waals surface area contributed by atoms with E-state index < -0.39 is 47.9 Å². The third-order valence-electron chi connectivity index (χ3n) is 6.74. The predicted molar refractivity (Wildman–Crippen MR) is 186 cm³/mol. The maximum Gasteiger partial charge on any atom is 0.327 e. The maximum absolute atomic E-state index is 13.2. The Morgan fingerprint density at radius 2 is 1.29 bits per heavy atom. The fourth-order valence-electron chi connectivity index (χ4n) is 4.49. The lowest BCUT2D eigenvalue weighted by molar-refractivity contribution is -0.142. The zero-order valence-corrected chi connectivity index (χ0v) is 28.8. The van der Waals surface area contributed by atoms with Gasteiger partial charge in [0.15, 0.2) is 0 Å². The third-order valence-corrected chi connectivity index (χ3v) is 7.83. The highest BCUT2D eigenvalue weighted by molar-refractivity contribution is 7.99. The van der Waals surface area contributed by atoms with Gasteiger partial charge in [0.2, 0.25) is 17.7 Å². The molecule has 0 aliphatic rings. The fourth-order valence-corrected chi connectivity index (χ4v) is 5.52. The Balaban J connectivity index is 1.90. The van der Waals surface area contributed by atoms with E-state index in [0.717, 1.165) is 11.8 Å². The second kappa shape index (κ2) is 19.3. The lowest BCUT2D eigenvalue weighted by atomic mass is 9.92. The van der Waals surface area contributed by atoms with Crippen LogP contribution in [0.4, 0.5) is 16.2 Å². The molecule has 0 saturated carbocycles. The number of hydrogen-bond acceptors (Lipinski definition) is 7. The molecule has 0 saturated heterocycles. The Labute approximate surface area is 285 Å². The molecule has 2 aromatic rings. The van der Waals surface area contributed by atoms with Crippen molar-refractivity contribution in [3.63, 3.8) is 0 Å². The first-order chi connectivity index (χ1) is 22.5. The first kappa shape index (κ1) is 39.6. The lowest BCUT2D eigenvalue weighted by Crippen LogP contribution is -2.53. The van der Waals surface area contributed by atoms with Gasteiger partial charge in [-0.05, 0) is 59.8 Å². The quantitative estimate of drug-likeness (QED) is 0.113. The Hall–Kier alpha value is -4.59. The fraction of sp³-hybridized carbons (Fsp3) is 0.471. The van der Waals surface area contributed by atoms with Gasteiger partial charge in [0.1, 0.15) is 18.1 Å². The third kappa shape index (κ3) is 15.8. The van der Waals surface area contributed by atoms with E-state index in [1.165, 1.54) is 0 Å². The second-order valence-electron chi connectivity index (χ2n) is 13.0. The minimum Gasteiger partial charge on any atom is -0.480 e. The number of carboxylic acids is 2. The molecule has 0 radical (unpaired) electrons. The summed E-state index contributed by atoms with van der Waals surface area (Å²) in [5, 5.41) is 32.4. The number of carbonyl (C=O) groups excluding carboxylic acids is 4. The summed E-state index contributed by atoms with van der Waals surface area (Å²) in [7, 11) is 0. The minimum absolute atomic E-state index is 0.00698. The van der Waals surface area contributed by atoms with Crippen molar-refractivity contribution in [3.05, 3.63) is 60.2 Å². The van der Waals surface area contributed by atoms with Crippen LogP contribution in [-0.4, -0.2) is 75.5 Å². The highest BCUT2D eigenvalue weighted by atomic mass is 32.2. The standard InChI is InChI=1S/C34H47N5O8S/c1-21(2)17-26(38-28(40)18-22-11-13-24(14-12-22)36-33(47)35-23-9-7-6-8-10-23)30(42)39-27(32(45)46)20-48-16-15-25(31(43)44)37-29(41)19-34(3,4)5/h6-14,21,25-27H,15-20H2,1-5H3,(H,37,41)(H,38,40)(H,39,42)(H,43,44)(H,45,46)(H2,35,36,47). The van der Waals surface area contributed by atoms with Crippen molar-refractivity contribution in [2.75, 3.05) is 22.1 Å². The molecule has 3 unspecified atom stereocenters. The molecule has 0 bridgehead atoms. The highest BCUT2D eigenvalue weighted by Gasteiger charge is 2.28. The van der Waals surface area contributed by atoms with Crippen LogP contribution >= 0.6 is 11.8 Å². The van der Waals surface area contributed by atoms with Gasteiger partial charge in [0.05, 0.1) is 6.42 Å². The number of rotatable bonds is 18. The van der Waals surface area contributed by atoms with Crippen LogP contribution in [0.15, 0.2) is 54.6 Å². The van der Waals surface area contributed by atoms with Gasteiger partial charge in [0, 0.05) is 23.5 Å². The average molecular weight is 686 g/mol. The van der Waals surface area contributed by atoms with Gasteiger partial charge >= 0.3 is 18.0 Å². The highest BCUT2D eigenvalue weighted by Crippen LogP contribution is 2.18. The molecule has 0 aliphatic heterocycles.